The Balaban J connectivity index is 1.51. The van der Waals surface area contributed by atoms with Crippen LogP contribution >= 0.6 is 11.6 Å². The molecular formula is C22H34ClN3O4S. The number of benzene rings is 1. The molecule has 2 fully saturated rings. The van der Waals surface area contributed by atoms with Crippen LogP contribution < -0.4 is 5.32 Å². The molecule has 1 N–H and O–H groups in total. The first-order valence-corrected chi connectivity index (χ1v) is 12.9. The Bertz CT molecular complexity index is 818. The quantitative estimate of drug-likeness (QED) is 0.630. The standard InChI is InChI=1S/C22H34ClN3O4S/c1-17(2)15-20(25-11-13-30-14-12-25)16-24-22(27)18-7-9-26(10-8-18)31(28,29)21-5-3-19(23)4-6-21/h3-6,17-18,20H,7-16H2,1-2H3,(H,24,27). The zero-order valence-electron chi connectivity index (χ0n) is 18.4. The first kappa shape index (κ1) is 24.5. The third-order valence-corrected chi connectivity index (χ3v) is 8.26. The maximum Gasteiger partial charge on any atom is 0.243 e. The lowest BCUT2D eigenvalue weighted by atomic mass is 9.96. The van der Waals surface area contributed by atoms with Gasteiger partial charge in [0.05, 0.1) is 18.1 Å². The molecule has 9 heteroatoms. The van der Waals surface area contributed by atoms with Gasteiger partial charge in [0.15, 0.2) is 0 Å². The van der Waals surface area contributed by atoms with E-state index in [0.717, 1.165) is 32.7 Å². The molecular weight excluding hydrogens is 438 g/mol. The summed E-state index contributed by atoms with van der Waals surface area (Å²) in [5, 5.41) is 3.64. The third-order valence-electron chi connectivity index (χ3n) is 6.09. The largest absolute Gasteiger partial charge is 0.379 e. The van der Waals surface area contributed by atoms with Gasteiger partial charge in [-0.2, -0.15) is 4.31 Å². The molecule has 1 atom stereocenters. The van der Waals surface area contributed by atoms with E-state index in [0.29, 0.717) is 49.5 Å². The highest BCUT2D eigenvalue weighted by Crippen LogP contribution is 2.25. The summed E-state index contributed by atoms with van der Waals surface area (Å²) in [5.41, 5.74) is 0. The minimum absolute atomic E-state index is 0.0329. The maximum atomic E-state index is 12.8. The Labute approximate surface area is 191 Å². The van der Waals surface area contributed by atoms with Gasteiger partial charge in [-0.1, -0.05) is 25.4 Å². The molecule has 2 aliphatic heterocycles. The van der Waals surface area contributed by atoms with E-state index in [1.807, 2.05) is 0 Å². The minimum Gasteiger partial charge on any atom is -0.379 e. The molecule has 3 rings (SSSR count). The lowest BCUT2D eigenvalue weighted by molar-refractivity contribution is -0.126. The van der Waals surface area contributed by atoms with Gasteiger partial charge in [0.2, 0.25) is 15.9 Å². The average Bonchev–Trinajstić information content (AvgIpc) is 2.77. The van der Waals surface area contributed by atoms with Gasteiger partial charge in [0, 0.05) is 49.7 Å². The van der Waals surface area contributed by atoms with Crippen molar-refractivity contribution in [2.75, 3.05) is 45.9 Å². The number of hydrogen-bond acceptors (Lipinski definition) is 5. The predicted molar refractivity (Wildman–Crippen MR) is 122 cm³/mol. The van der Waals surface area contributed by atoms with Gasteiger partial charge < -0.3 is 10.1 Å². The van der Waals surface area contributed by atoms with Gasteiger partial charge in [-0.15, -0.1) is 0 Å². The van der Waals surface area contributed by atoms with Crippen LogP contribution in [0.2, 0.25) is 5.02 Å². The van der Waals surface area contributed by atoms with Gasteiger partial charge in [-0.25, -0.2) is 8.42 Å². The van der Waals surface area contributed by atoms with E-state index in [2.05, 4.69) is 24.1 Å². The third kappa shape index (κ3) is 6.65. The number of hydrogen-bond donors (Lipinski definition) is 1. The molecule has 174 valence electrons. The van der Waals surface area contributed by atoms with Gasteiger partial charge in [-0.3, -0.25) is 9.69 Å². The number of nitrogens with one attached hydrogen (secondary N) is 1. The summed E-state index contributed by atoms with van der Waals surface area (Å²) in [6, 6.07) is 6.51. The topological polar surface area (TPSA) is 79.0 Å². The van der Waals surface area contributed by atoms with E-state index in [1.54, 1.807) is 12.1 Å². The molecule has 0 saturated carbocycles. The van der Waals surface area contributed by atoms with Crippen molar-refractivity contribution in [1.82, 2.24) is 14.5 Å². The molecule has 1 aromatic rings. The summed E-state index contributed by atoms with van der Waals surface area (Å²) < 4.78 is 32.6. The summed E-state index contributed by atoms with van der Waals surface area (Å²) in [7, 11) is -3.56. The summed E-state index contributed by atoms with van der Waals surface area (Å²) in [6.07, 6.45) is 2.09. The smallest absolute Gasteiger partial charge is 0.243 e. The fourth-order valence-electron chi connectivity index (χ4n) is 4.33. The number of rotatable bonds is 8. The Morgan fingerprint density at radius 3 is 2.32 bits per heavy atom. The van der Waals surface area contributed by atoms with Crippen molar-refractivity contribution in [3.8, 4) is 0 Å². The van der Waals surface area contributed by atoms with E-state index < -0.39 is 10.0 Å². The number of nitrogens with zero attached hydrogens (tertiary/aromatic N) is 2. The van der Waals surface area contributed by atoms with Gasteiger partial charge in [0.1, 0.15) is 0 Å². The molecule has 1 unspecified atom stereocenters. The van der Waals surface area contributed by atoms with Crippen LogP contribution in [0.5, 0.6) is 0 Å². The van der Waals surface area contributed by atoms with Crippen LogP contribution in [0.4, 0.5) is 0 Å². The number of amides is 1. The SMILES string of the molecule is CC(C)CC(CNC(=O)C1CCN(S(=O)(=O)c2ccc(Cl)cc2)CC1)N1CCOCC1. The number of piperidine rings is 1. The van der Waals surface area contributed by atoms with Crippen LogP contribution in [0.3, 0.4) is 0 Å². The molecule has 2 heterocycles. The molecule has 1 amide bonds. The number of halogens is 1. The number of carbonyl (C=O) groups is 1. The Morgan fingerprint density at radius 2 is 1.74 bits per heavy atom. The lowest BCUT2D eigenvalue weighted by Gasteiger charge is -2.36. The number of sulfonamides is 1. The molecule has 0 spiro atoms. The maximum absolute atomic E-state index is 12.8. The van der Waals surface area contributed by atoms with Crippen molar-refractivity contribution in [2.45, 2.75) is 44.0 Å². The second-order valence-electron chi connectivity index (χ2n) is 8.81. The van der Waals surface area contributed by atoms with E-state index >= 15 is 0 Å². The Kier molecular flexibility index (Phi) is 8.75. The lowest BCUT2D eigenvalue weighted by Crippen LogP contribution is -2.50. The van der Waals surface area contributed by atoms with E-state index in [-0.39, 0.29) is 16.7 Å². The van der Waals surface area contributed by atoms with Crippen molar-refractivity contribution < 1.29 is 17.9 Å². The first-order valence-electron chi connectivity index (χ1n) is 11.1. The van der Waals surface area contributed by atoms with Crippen molar-refractivity contribution in [3.63, 3.8) is 0 Å². The summed E-state index contributed by atoms with van der Waals surface area (Å²) >= 11 is 5.87. The Morgan fingerprint density at radius 1 is 1.13 bits per heavy atom. The Hall–Kier alpha value is -1.19. The fraction of sp³-hybridized carbons (Fsp3) is 0.682. The van der Waals surface area contributed by atoms with Crippen LogP contribution in [0.1, 0.15) is 33.1 Å². The first-order chi connectivity index (χ1) is 14.8. The molecule has 7 nitrogen and oxygen atoms in total. The van der Waals surface area contributed by atoms with Gasteiger partial charge >= 0.3 is 0 Å². The molecule has 31 heavy (non-hydrogen) atoms. The molecule has 0 radical (unpaired) electrons. The zero-order valence-corrected chi connectivity index (χ0v) is 20.0. The van der Waals surface area contributed by atoms with Crippen LogP contribution in [0.15, 0.2) is 29.2 Å². The molecule has 2 saturated heterocycles. The second-order valence-corrected chi connectivity index (χ2v) is 11.2. The van der Waals surface area contributed by atoms with Crippen molar-refractivity contribution in [3.05, 3.63) is 29.3 Å². The monoisotopic (exact) mass is 471 g/mol. The average molecular weight is 472 g/mol. The summed E-state index contributed by atoms with van der Waals surface area (Å²) in [6.45, 7) is 9.00. The highest BCUT2D eigenvalue weighted by atomic mass is 35.5. The van der Waals surface area contributed by atoms with Gasteiger partial charge in [0.25, 0.3) is 0 Å². The number of carbonyl (C=O) groups excluding carboxylic acids is 1. The van der Waals surface area contributed by atoms with Crippen molar-refractivity contribution in [1.29, 1.82) is 0 Å². The van der Waals surface area contributed by atoms with Crippen LogP contribution in [0.25, 0.3) is 0 Å². The van der Waals surface area contributed by atoms with E-state index in [1.165, 1.54) is 16.4 Å². The highest BCUT2D eigenvalue weighted by molar-refractivity contribution is 7.89. The molecule has 1 aromatic carbocycles. The fourth-order valence-corrected chi connectivity index (χ4v) is 5.92. The minimum atomic E-state index is -3.56. The van der Waals surface area contributed by atoms with Crippen LogP contribution in [-0.4, -0.2) is 75.5 Å². The van der Waals surface area contributed by atoms with Crippen molar-refractivity contribution in [2.24, 2.45) is 11.8 Å². The normalized spacial score (nSPS) is 20.6. The van der Waals surface area contributed by atoms with E-state index in [9.17, 15) is 13.2 Å². The highest BCUT2D eigenvalue weighted by Gasteiger charge is 2.32. The van der Waals surface area contributed by atoms with Crippen LogP contribution in [0, 0.1) is 11.8 Å². The second kappa shape index (κ2) is 11.1. The molecule has 0 aliphatic carbocycles. The summed E-state index contributed by atoms with van der Waals surface area (Å²) in [4.78, 5) is 15.4. The summed E-state index contributed by atoms with van der Waals surface area (Å²) in [5.74, 6) is 0.428. The number of ether oxygens (including phenoxy) is 1. The number of morpholine rings is 1. The zero-order chi connectivity index (χ0) is 22.4. The molecule has 0 aromatic heterocycles. The van der Waals surface area contributed by atoms with E-state index in [4.69, 9.17) is 16.3 Å². The van der Waals surface area contributed by atoms with Crippen LogP contribution in [-0.2, 0) is 19.6 Å². The van der Waals surface area contributed by atoms with Gasteiger partial charge in [-0.05, 0) is 49.4 Å². The molecule has 2 aliphatic rings. The predicted octanol–water partition coefficient (Wildman–Crippen LogP) is 2.60. The molecule has 0 bridgehead atoms. The van der Waals surface area contributed by atoms with Crippen molar-refractivity contribution >= 4 is 27.5 Å².